The van der Waals surface area contributed by atoms with E-state index in [1.54, 1.807) is 9.80 Å². The van der Waals surface area contributed by atoms with Gasteiger partial charge in [-0.05, 0) is 25.7 Å². The number of urea groups is 1. The lowest BCUT2D eigenvalue weighted by Crippen LogP contribution is -2.51. The van der Waals surface area contributed by atoms with Gasteiger partial charge in [0.1, 0.15) is 0 Å². The molecule has 6 heteroatoms. The molecule has 0 atom stereocenters. The number of nitrogens with zero attached hydrogens (tertiary/aromatic N) is 2. The predicted molar refractivity (Wildman–Crippen MR) is 75.5 cm³/mol. The molecule has 1 fully saturated rings. The van der Waals surface area contributed by atoms with Gasteiger partial charge in [0.25, 0.3) is 0 Å². The van der Waals surface area contributed by atoms with Gasteiger partial charge in [-0.1, -0.05) is 13.8 Å². The van der Waals surface area contributed by atoms with Gasteiger partial charge in [-0.25, -0.2) is 4.79 Å². The molecule has 0 bridgehead atoms. The zero-order chi connectivity index (χ0) is 15.2. The minimum Gasteiger partial charge on any atom is -0.481 e. The fourth-order valence-corrected chi connectivity index (χ4v) is 2.74. The summed E-state index contributed by atoms with van der Waals surface area (Å²) in [6, 6.07) is -0.0870. The Bertz CT molecular complexity index is 332. The van der Waals surface area contributed by atoms with Crippen LogP contribution in [0.4, 0.5) is 4.79 Å². The molecule has 0 saturated carbocycles. The first-order valence-electron chi connectivity index (χ1n) is 7.39. The van der Waals surface area contributed by atoms with E-state index in [1.165, 1.54) is 0 Å². The molecular weight excluding hydrogens is 260 g/mol. The topological polar surface area (TPSA) is 81.1 Å². The van der Waals surface area contributed by atoms with E-state index in [4.69, 9.17) is 5.11 Å². The van der Waals surface area contributed by atoms with Crippen molar-refractivity contribution in [2.24, 2.45) is 5.41 Å². The summed E-state index contributed by atoms with van der Waals surface area (Å²) in [7, 11) is 0. The Balaban J connectivity index is 2.63. The number of carboxylic acid groups (broad SMARTS) is 1. The molecule has 0 aromatic carbocycles. The number of hydrogen-bond acceptors (Lipinski definition) is 3. The first-order valence-corrected chi connectivity index (χ1v) is 7.39. The third-order valence-electron chi connectivity index (χ3n) is 4.26. The van der Waals surface area contributed by atoms with Crippen molar-refractivity contribution < 1.29 is 19.8 Å². The highest BCUT2D eigenvalue weighted by molar-refractivity contribution is 5.77. The highest BCUT2D eigenvalue weighted by atomic mass is 16.4. The summed E-state index contributed by atoms with van der Waals surface area (Å²) in [6.07, 6.45) is 2.45. The van der Waals surface area contributed by atoms with E-state index in [1.807, 2.05) is 13.8 Å². The second-order valence-corrected chi connectivity index (χ2v) is 5.42. The summed E-state index contributed by atoms with van der Waals surface area (Å²) >= 11 is 0. The van der Waals surface area contributed by atoms with Crippen LogP contribution in [0.3, 0.4) is 0 Å². The first-order chi connectivity index (χ1) is 9.50. The molecule has 0 aromatic heterocycles. The zero-order valence-corrected chi connectivity index (χ0v) is 12.5. The maximum atomic E-state index is 12.3. The fraction of sp³-hybridized carbons (Fsp3) is 0.857. The highest BCUT2D eigenvalue weighted by Gasteiger charge is 2.41. The SMILES string of the molecule is CCCN(CCO)C(=O)N1CCC(CC)(C(=O)O)CC1. The van der Waals surface area contributed by atoms with Gasteiger partial charge in [-0.15, -0.1) is 0 Å². The van der Waals surface area contributed by atoms with E-state index < -0.39 is 11.4 Å². The van der Waals surface area contributed by atoms with Gasteiger partial charge < -0.3 is 20.0 Å². The first kappa shape index (κ1) is 16.8. The summed E-state index contributed by atoms with van der Waals surface area (Å²) in [6.45, 7) is 5.73. The Labute approximate surface area is 120 Å². The van der Waals surface area contributed by atoms with Crippen molar-refractivity contribution in [3.8, 4) is 0 Å². The molecule has 6 nitrogen and oxygen atoms in total. The van der Waals surface area contributed by atoms with Gasteiger partial charge in [0.05, 0.1) is 12.0 Å². The number of carboxylic acids is 1. The monoisotopic (exact) mass is 286 g/mol. The highest BCUT2D eigenvalue weighted by Crippen LogP contribution is 2.35. The van der Waals surface area contributed by atoms with E-state index in [-0.39, 0.29) is 12.6 Å². The molecular formula is C14H26N2O4. The van der Waals surface area contributed by atoms with Crippen molar-refractivity contribution in [3.05, 3.63) is 0 Å². The minimum atomic E-state index is -0.757. The summed E-state index contributed by atoms with van der Waals surface area (Å²) in [4.78, 5) is 27.1. The number of carbonyl (C=O) groups excluding carboxylic acids is 1. The molecule has 0 aromatic rings. The van der Waals surface area contributed by atoms with Crippen LogP contribution in [0.1, 0.15) is 39.5 Å². The smallest absolute Gasteiger partial charge is 0.320 e. The van der Waals surface area contributed by atoms with Gasteiger partial charge in [0.2, 0.25) is 0 Å². The quantitative estimate of drug-likeness (QED) is 0.773. The Hall–Kier alpha value is -1.30. The normalized spacial score (nSPS) is 17.9. The molecule has 1 aliphatic heterocycles. The third-order valence-corrected chi connectivity index (χ3v) is 4.26. The van der Waals surface area contributed by atoms with Crippen LogP contribution in [0.5, 0.6) is 0 Å². The van der Waals surface area contributed by atoms with Crippen molar-refractivity contribution in [2.75, 3.05) is 32.8 Å². The van der Waals surface area contributed by atoms with Crippen LogP contribution in [0, 0.1) is 5.41 Å². The van der Waals surface area contributed by atoms with Gasteiger partial charge >= 0.3 is 12.0 Å². The van der Waals surface area contributed by atoms with Crippen molar-refractivity contribution in [1.82, 2.24) is 9.80 Å². The lowest BCUT2D eigenvalue weighted by molar-refractivity contribution is -0.152. The van der Waals surface area contributed by atoms with Gasteiger partial charge in [-0.2, -0.15) is 0 Å². The Kier molecular flexibility index (Phi) is 6.26. The minimum absolute atomic E-state index is 0.0480. The molecule has 2 N–H and O–H groups in total. The van der Waals surface area contributed by atoms with Crippen LogP contribution in [-0.2, 0) is 4.79 Å². The Morgan fingerprint density at radius 1 is 1.20 bits per heavy atom. The summed E-state index contributed by atoms with van der Waals surface area (Å²) in [5.74, 6) is -0.757. The molecule has 1 aliphatic rings. The van der Waals surface area contributed by atoms with Gasteiger partial charge in [0, 0.05) is 26.2 Å². The number of rotatable bonds is 6. The van der Waals surface area contributed by atoms with Gasteiger partial charge in [0.15, 0.2) is 0 Å². The van der Waals surface area contributed by atoms with Crippen molar-refractivity contribution in [3.63, 3.8) is 0 Å². The summed E-state index contributed by atoms with van der Waals surface area (Å²) in [5, 5.41) is 18.4. The van der Waals surface area contributed by atoms with Gasteiger partial charge in [-0.3, -0.25) is 4.79 Å². The molecule has 1 rings (SSSR count). The maximum Gasteiger partial charge on any atom is 0.320 e. The number of carbonyl (C=O) groups is 2. The van der Waals surface area contributed by atoms with E-state index in [0.717, 1.165) is 6.42 Å². The lowest BCUT2D eigenvalue weighted by Gasteiger charge is -2.40. The average Bonchev–Trinajstić information content (AvgIpc) is 2.46. The molecule has 20 heavy (non-hydrogen) atoms. The van der Waals surface area contributed by atoms with Crippen molar-refractivity contribution in [2.45, 2.75) is 39.5 Å². The predicted octanol–water partition coefficient (Wildman–Crippen LogP) is 1.39. The van der Waals surface area contributed by atoms with E-state index >= 15 is 0 Å². The number of aliphatic hydroxyl groups is 1. The van der Waals surface area contributed by atoms with E-state index in [9.17, 15) is 14.7 Å². The summed E-state index contributed by atoms with van der Waals surface area (Å²) < 4.78 is 0. The second kappa shape index (κ2) is 7.47. The molecule has 116 valence electrons. The maximum absolute atomic E-state index is 12.3. The Morgan fingerprint density at radius 3 is 2.20 bits per heavy atom. The number of piperidine rings is 1. The molecule has 0 radical (unpaired) electrons. The average molecular weight is 286 g/mol. The van der Waals surface area contributed by atoms with Crippen LogP contribution < -0.4 is 0 Å². The molecule has 1 heterocycles. The summed E-state index contributed by atoms with van der Waals surface area (Å²) in [5.41, 5.74) is -0.677. The van der Waals surface area contributed by atoms with E-state index in [0.29, 0.717) is 45.4 Å². The van der Waals surface area contributed by atoms with Crippen LogP contribution in [-0.4, -0.2) is 64.8 Å². The fourth-order valence-electron chi connectivity index (χ4n) is 2.74. The third kappa shape index (κ3) is 3.62. The molecule has 0 unspecified atom stereocenters. The largest absolute Gasteiger partial charge is 0.481 e. The Morgan fingerprint density at radius 2 is 1.80 bits per heavy atom. The molecule has 0 spiro atoms. The lowest BCUT2D eigenvalue weighted by atomic mass is 9.76. The number of amides is 2. The second-order valence-electron chi connectivity index (χ2n) is 5.42. The number of aliphatic hydroxyl groups excluding tert-OH is 1. The van der Waals surface area contributed by atoms with E-state index in [2.05, 4.69) is 0 Å². The number of hydrogen-bond donors (Lipinski definition) is 2. The van der Waals surface area contributed by atoms with Crippen LogP contribution in [0.15, 0.2) is 0 Å². The molecule has 0 aliphatic carbocycles. The van der Waals surface area contributed by atoms with Crippen molar-refractivity contribution >= 4 is 12.0 Å². The molecule has 1 saturated heterocycles. The van der Waals surface area contributed by atoms with Crippen LogP contribution >= 0.6 is 0 Å². The van der Waals surface area contributed by atoms with Crippen LogP contribution in [0.2, 0.25) is 0 Å². The zero-order valence-electron chi connectivity index (χ0n) is 12.5. The standard InChI is InChI=1S/C14H26N2O4/c1-3-7-15(10-11-17)13(20)16-8-5-14(4-2,6-9-16)12(18)19/h17H,3-11H2,1-2H3,(H,18,19). The van der Waals surface area contributed by atoms with Crippen molar-refractivity contribution in [1.29, 1.82) is 0 Å². The number of likely N-dealkylation sites (tertiary alicyclic amines) is 1. The van der Waals surface area contributed by atoms with Crippen LogP contribution in [0.25, 0.3) is 0 Å². The number of aliphatic carboxylic acids is 1. The molecule has 2 amide bonds.